The molecule has 1 rings (SSSR count). The van der Waals surface area contributed by atoms with Crippen molar-refractivity contribution in [3.05, 3.63) is 24.1 Å². The Morgan fingerprint density at radius 2 is 2.56 bits per heavy atom. The molecule has 0 saturated carbocycles. The van der Waals surface area contributed by atoms with E-state index in [4.69, 9.17) is 0 Å². The number of hydrogen-bond donors (Lipinski definition) is 0. The van der Waals surface area contributed by atoms with E-state index in [-0.39, 0.29) is 11.7 Å². The van der Waals surface area contributed by atoms with Crippen molar-refractivity contribution in [2.45, 2.75) is 19.8 Å². The van der Waals surface area contributed by atoms with E-state index in [9.17, 15) is 4.39 Å². The third-order valence-corrected chi connectivity index (χ3v) is 1.69. The Balaban J connectivity index is 2.59. The van der Waals surface area contributed by atoms with Crippen LogP contribution in [-0.4, -0.2) is 0 Å². The van der Waals surface area contributed by atoms with Crippen LogP contribution in [0.5, 0.6) is 0 Å². The molecule has 1 aliphatic carbocycles. The fourth-order valence-corrected chi connectivity index (χ4v) is 1.01. The summed E-state index contributed by atoms with van der Waals surface area (Å²) in [5.41, 5.74) is 0. The number of rotatable bonds is 1. The SMILES string of the molecule is CCC1CC=CC=C1F. The van der Waals surface area contributed by atoms with Crippen molar-refractivity contribution < 1.29 is 4.39 Å². The van der Waals surface area contributed by atoms with E-state index in [1.165, 1.54) is 0 Å². The van der Waals surface area contributed by atoms with Crippen LogP contribution in [0.1, 0.15) is 19.8 Å². The van der Waals surface area contributed by atoms with Crippen LogP contribution >= 0.6 is 0 Å². The molecule has 0 fully saturated rings. The van der Waals surface area contributed by atoms with Crippen LogP contribution < -0.4 is 0 Å². The van der Waals surface area contributed by atoms with Crippen molar-refractivity contribution in [1.29, 1.82) is 0 Å². The lowest BCUT2D eigenvalue weighted by Crippen LogP contribution is -1.99. The van der Waals surface area contributed by atoms with Gasteiger partial charge in [-0.1, -0.05) is 19.1 Å². The van der Waals surface area contributed by atoms with Gasteiger partial charge in [0.15, 0.2) is 0 Å². The summed E-state index contributed by atoms with van der Waals surface area (Å²) in [5.74, 6) is 0.204. The molecule has 0 aliphatic heterocycles. The Morgan fingerprint density at radius 3 is 3.00 bits per heavy atom. The summed E-state index contributed by atoms with van der Waals surface area (Å²) in [6, 6.07) is 0. The van der Waals surface area contributed by atoms with Gasteiger partial charge in [0.25, 0.3) is 0 Å². The van der Waals surface area contributed by atoms with E-state index in [0.717, 1.165) is 12.8 Å². The minimum Gasteiger partial charge on any atom is -0.212 e. The summed E-state index contributed by atoms with van der Waals surface area (Å²) >= 11 is 0. The second-order valence-corrected chi connectivity index (χ2v) is 2.32. The quantitative estimate of drug-likeness (QED) is 0.506. The Kier molecular flexibility index (Phi) is 2.04. The number of hydrogen-bond acceptors (Lipinski definition) is 0. The molecule has 1 atom stereocenters. The first-order chi connectivity index (χ1) is 4.34. The van der Waals surface area contributed by atoms with Crippen LogP contribution in [0.4, 0.5) is 4.39 Å². The molecule has 0 aromatic carbocycles. The lowest BCUT2D eigenvalue weighted by atomic mass is 9.97. The first kappa shape index (κ1) is 6.53. The maximum Gasteiger partial charge on any atom is 0.103 e. The maximum absolute atomic E-state index is 12.7. The molecule has 0 saturated heterocycles. The largest absolute Gasteiger partial charge is 0.212 e. The van der Waals surface area contributed by atoms with Crippen molar-refractivity contribution in [2.75, 3.05) is 0 Å². The standard InChI is InChI=1S/C8H11F/c1-2-7-5-3-4-6-8(7)9/h3-4,6-7H,2,5H2,1H3. The van der Waals surface area contributed by atoms with E-state index in [1.54, 1.807) is 12.2 Å². The van der Waals surface area contributed by atoms with Crippen LogP contribution in [0.15, 0.2) is 24.1 Å². The smallest absolute Gasteiger partial charge is 0.103 e. The lowest BCUT2D eigenvalue weighted by molar-refractivity contribution is 0.452. The van der Waals surface area contributed by atoms with Gasteiger partial charge < -0.3 is 0 Å². The molecule has 1 unspecified atom stereocenters. The zero-order valence-corrected chi connectivity index (χ0v) is 5.60. The molecule has 0 bridgehead atoms. The predicted molar refractivity (Wildman–Crippen MR) is 36.7 cm³/mol. The molecular weight excluding hydrogens is 115 g/mol. The average Bonchev–Trinajstić information content (AvgIpc) is 1.89. The molecule has 0 amide bonds. The van der Waals surface area contributed by atoms with Crippen molar-refractivity contribution in [3.8, 4) is 0 Å². The molecular formula is C8H11F. The summed E-state index contributed by atoms with van der Waals surface area (Å²) < 4.78 is 12.7. The Morgan fingerprint density at radius 1 is 1.78 bits per heavy atom. The van der Waals surface area contributed by atoms with Crippen molar-refractivity contribution in [2.24, 2.45) is 5.92 Å². The summed E-state index contributed by atoms with van der Waals surface area (Å²) in [6.45, 7) is 2.01. The fraction of sp³-hybridized carbons (Fsp3) is 0.500. The fourth-order valence-electron chi connectivity index (χ4n) is 1.01. The molecule has 0 spiro atoms. The van der Waals surface area contributed by atoms with Crippen LogP contribution in [0.25, 0.3) is 0 Å². The predicted octanol–water partition coefficient (Wildman–Crippen LogP) is 2.83. The van der Waals surface area contributed by atoms with Gasteiger partial charge in [0.1, 0.15) is 5.83 Å². The minimum atomic E-state index is 0.0417. The zero-order valence-electron chi connectivity index (χ0n) is 5.60. The Labute approximate surface area is 55.1 Å². The van der Waals surface area contributed by atoms with Gasteiger partial charge in [-0.2, -0.15) is 0 Å². The second kappa shape index (κ2) is 2.81. The summed E-state index contributed by atoms with van der Waals surface area (Å²) in [7, 11) is 0. The number of allylic oxidation sites excluding steroid dienone is 4. The van der Waals surface area contributed by atoms with Crippen molar-refractivity contribution in [3.63, 3.8) is 0 Å². The first-order valence-electron chi connectivity index (χ1n) is 3.36. The van der Waals surface area contributed by atoms with Gasteiger partial charge in [-0.25, -0.2) is 4.39 Å². The lowest BCUT2D eigenvalue weighted by Gasteiger charge is -2.11. The van der Waals surface area contributed by atoms with E-state index >= 15 is 0 Å². The molecule has 50 valence electrons. The number of halogens is 1. The molecule has 0 heterocycles. The second-order valence-electron chi connectivity index (χ2n) is 2.32. The molecule has 0 aromatic heterocycles. The summed E-state index contributed by atoms with van der Waals surface area (Å²) in [5, 5.41) is 0. The normalized spacial score (nSPS) is 26.0. The van der Waals surface area contributed by atoms with Gasteiger partial charge in [0, 0.05) is 5.92 Å². The van der Waals surface area contributed by atoms with Gasteiger partial charge in [-0.3, -0.25) is 0 Å². The van der Waals surface area contributed by atoms with Gasteiger partial charge in [0.05, 0.1) is 0 Å². The van der Waals surface area contributed by atoms with Crippen LogP contribution in [0.2, 0.25) is 0 Å². The van der Waals surface area contributed by atoms with Crippen LogP contribution in [0, 0.1) is 5.92 Å². The topological polar surface area (TPSA) is 0 Å². The molecule has 0 nitrogen and oxygen atoms in total. The van der Waals surface area contributed by atoms with Crippen LogP contribution in [-0.2, 0) is 0 Å². The third-order valence-electron chi connectivity index (χ3n) is 1.69. The molecule has 0 N–H and O–H groups in total. The molecule has 1 aliphatic rings. The average molecular weight is 126 g/mol. The Bertz CT molecular complexity index is 145. The molecule has 9 heavy (non-hydrogen) atoms. The highest BCUT2D eigenvalue weighted by Crippen LogP contribution is 2.23. The summed E-state index contributed by atoms with van der Waals surface area (Å²) in [6.07, 6.45) is 7.13. The maximum atomic E-state index is 12.7. The molecule has 1 heteroatoms. The van der Waals surface area contributed by atoms with Crippen LogP contribution in [0.3, 0.4) is 0 Å². The summed E-state index contributed by atoms with van der Waals surface area (Å²) in [4.78, 5) is 0. The molecule has 0 aromatic rings. The van der Waals surface area contributed by atoms with Crippen molar-refractivity contribution >= 4 is 0 Å². The van der Waals surface area contributed by atoms with E-state index in [0.29, 0.717) is 0 Å². The monoisotopic (exact) mass is 126 g/mol. The van der Waals surface area contributed by atoms with Gasteiger partial charge in [0.2, 0.25) is 0 Å². The molecule has 0 radical (unpaired) electrons. The minimum absolute atomic E-state index is 0.0417. The highest BCUT2D eigenvalue weighted by Gasteiger charge is 2.11. The van der Waals surface area contributed by atoms with Gasteiger partial charge in [-0.05, 0) is 18.9 Å². The van der Waals surface area contributed by atoms with Crippen molar-refractivity contribution in [1.82, 2.24) is 0 Å². The zero-order chi connectivity index (χ0) is 6.69. The highest BCUT2D eigenvalue weighted by molar-refractivity contribution is 5.15. The van der Waals surface area contributed by atoms with E-state index in [1.807, 2.05) is 13.0 Å². The van der Waals surface area contributed by atoms with E-state index in [2.05, 4.69) is 0 Å². The van der Waals surface area contributed by atoms with E-state index < -0.39 is 0 Å². The Hall–Kier alpha value is -0.590. The first-order valence-corrected chi connectivity index (χ1v) is 3.36. The van der Waals surface area contributed by atoms with Gasteiger partial charge >= 0.3 is 0 Å². The van der Waals surface area contributed by atoms with Gasteiger partial charge in [-0.15, -0.1) is 0 Å². The third kappa shape index (κ3) is 1.41. The highest BCUT2D eigenvalue weighted by atomic mass is 19.1.